The second-order valence-corrected chi connectivity index (χ2v) is 7.99. The summed E-state index contributed by atoms with van der Waals surface area (Å²) >= 11 is 0. The van der Waals surface area contributed by atoms with Crippen LogP contribution in [0, 0.1) is 6.92 Å². The van der Waals surface area contributed by atoms with Gasteiger partial charge in [0.05, 0.1) is 17.7 Å². The molecule has 0 spiro atoms. The molecule has 140 valence electrons. The van der Waals surface area contributed by atoms with E-state index in [0.717, 1.165) is 5.56 Å². The number of benzene rings is 2. The number of carbonyl (C=O) groups excluding carboxylic acids is 1. The van der Waals surface area contributed by atoms with E-state index in [1.54, 1.807) is 30.3 Å². The largest absolute Gasteiger partial charge is 0.495 e. The number of hydrogen-bond donors (Lipinski definition) is 1. The number of ether oxygens (including phenoxy) is 1. The van der Waals surface area contributed by atoms with Crippen molar-refractivity contribution in [2.24, 2.45) is 0 Å². The predicted octanol–water partition coefficient (Wildman–Crippen LogP) is 3.82. The van der Waals surface area contributed by atoms with Crippen molar-refractivity contribution in [3.8, 4) is 5.75 Å². The van der Waals surface area contributed by atoms with E-state index in [1.807, 2.05) is 13.0 Å². The van der Waals surface area contributed by atoms with Gasteiger partial charge in [0.25, 0.3) is 5.91 Å². The lowest BCUT2D eigenvalue weighted by atomic mass is 10.2. The molecule has 0 fully saturated rings. The Morgan fingerprint density at radius 1 is 1.07 bits per heavy atom. The molecule has 1 aromatic heterocycles. The van der Waals surface area contributed by atoms with E-state index < -0.39 is 15.7 Å². The van der Waals surface area contributed by atoms with Crippen LogP contribution in [-0.4, -0.2) is 21.4 Å². The summed E-state index contributed by atoms with van der Waals surface area (Å²) in [5.74, 6) is -0.0652. The summed E-state index contributed by atoms with van der Waals surface area (Å²) in [6, 6.07) is 16.4. The molecule has 2 aromatic carbocycles. The molecular weight excluding hydrogens is 366 g/mol. The standard InChI is InChI=1S/C20H19NO5S/c1-14-8-10-18(25-2)17(12-14)21-20(22)19-11-9-15(26-19)13-27(23,24)16-6-4-3-5-7-16/h3-12H,13H2,1-2H3,(H,21,22). The summed E-state index contributed by atoms with van der Waals surface area (Å²) < 4.78 is 35.5. The number of methoxy groups -OCH3 is 1. The van der Waals surface area contributed by atoms with Gasteiger partial charge >= 0.3 is 0 Å². The van der Waals surface area contributed by atoms with Gasteiger partial charge in [0.15, 0.2) is 15.6 Å². The summed E-state index contributed by atoms with van der Waals surface area (Å²) in [7, 11) is -2.03. The Bertz CT molecular complexity index is 1050. The molecule has 1 amide bonds. The molecule has 0 aliphatic rings. The molecule has 0 aliphatic heterocycles. The van der Waals surface area contributed by atoms with E-state index in [-0.39, 0.29) is 22.2 Å². The van der Waals surface area contributed by atoms with E-state index in [1.165, 1.54) is 31.4 Å². The predicted molar refractivity (Wildman–Crippen MR) is 102 cm³/mol. The molecule has 0 atom stereocenters. The lowest BCUT2D eigenvalue weighted by Crippen LogP contribution is -2.12. The first kappa shape index (κ1) is 18.7. The van der Waals surface area contributed by atoms with Gasteiger partial charge in [-0.25, -0.2) is 8.42 Å². The van der Waals surface area contributed by atoms with Gasteiger partial charge in [-0.2, -0.15) is 0 Å². The Hall–Kier alpha value is -3.06. The Kier molecular flexibility index (Phi) is 5.32. The SMILES string of the molecule is COc1ccc(C)cc1NC(=O)c1ccc(CS(=O)(=O)c2ccccc2)o1. The topological polar surface area (TPSA) is 85.6 Å². The third-order valence-corrected chi connectivity index (χ3v) is 5.58. The van der Waals surface area contributed by atoms with E-state index >= 15 is 0 Å². The van der Waals surface area contributed by atoms with Crippen LogP contribution in [0.3, 0.4) is 0 Å². The number of amides is 1. The van der Waals surface area contributed by atoms with Crippen LogP contribution in [0.25, 0.3) is 0 Å². The van der Waals surface area contributed by atoms with Crippen molar-refractivity contribution in [1.82, 2.24) is 0 Å². The maximum Gasteiger partial charge on any atom is 0.291 e. The summed E-state index contributed by atoms with van der Waals surface area (Å²) in [4.78, 5) is 12.6. The van der Waals surface area contributed by atoms with Crippen LogP contribution in [0.5, 0.6) is 5.75 Å². The molecule has 1 heterocycles. The van der Waals surface area contributed by atoms with Crippen LogP contribution in [0.15, 0.2) is 70.0 Å². The highest BCUT2D eigenvalue weighted by Gasteiger charge is 2.19. The minimum Gasteiger partial charge on any atom is -0.495 e. The van der Waals surface area contributed by atoms with E-state index in [4.69, 9.17) is 9.15 Å². The monoisotopic (exact) mass is 385 g/mol. The van der Waals surface area contributed by atoms with E-state index in [2.05, 4.69) is 5.32 Å². The molecule has 3 aromatic rings. The first-order chi connectivity index (χ1) is 12.9. The minimum atomic E-state index is -3.55. The fourth-order valence-electron chi connectivity index (χ4n) is 2.58. The number of furan rings is 1. The maximum absolute atomic E-state index is 12.4. The molecule has 1 N–H and O–H groups in total. The van der Waals surface area contributed by atoms with Crippen molar-refractivity contribution in [3.05, 3.63) is 77.7 Å². The minimum absolute atomic E-state index is 0.0248. The molecule has 6 nitrogen and oxygen atoms in total. The maximum atomic E-state index is 12.4. The fourth-order valence-corrected chi connectivity index (χ4v) is 3.85. The number of anilines is 1. The molecule has 0 saturated heterocycles. The Morgan fingerprint density at radius 2 is 1.81 bits per heavy atom. The van der Waals surface area contributed by atoms with Crippen molar-refractivity contribution < 1.29 is 22.4 Å². The van der Waals surface area contributed by atoms with Crippen LogP contribution in [0.1, 0.15) is 21.9 Å². The van der Waals surface area contributed by atoms with Gasteiger partial charge in [0.2, 0.25) is 0 Å². The van der Waals surface area contributed by atoms with Gasteiger partial charge in [-0.1, -0.05) is 24.3 Å². The zero-order valence-corrected chi connectivity index (χ0v) is 15.7. The van der Waals surface area contributed by atoms with Crippen molar-refractivity contribution in [2.45, 2.75) is 17.6 Å². The van der Waals surface area contributed by atoms with Gasteiger partial charge in [-0.15, -0.1) is 0 Å². The van der Waals surface area contributed by atoms with Gasteiger partial charge in [0.1, 0.15) is 17.3 Å². The summed E-state index contributed by atoms with van der Waals surface area (Å²) in [5, 5.41) is 2.72. The van der Waals surface area contributed by atoms with E-state index in [9.17, 15) is 13.2 Å². The number of nitrogens with one attached hydrogen (secondary N) is 1. The molecule has 0 radical (unpaired) electrons. The summed E-state index contributed by atoms with van der Waals surface area (Å²) in [6.45, 7) is 1.90. The molecule has 7 heteroatoms. The summed E-state index contributed by atoms with van der Waals surface area (Å²) in [6.07, 6.45) is 0. The molecule has 27 heavy (non-hydrogen) atoms. The summed E-state index contributed by atoms with van der Waals surface area (Å²) in [5.41, 5.74) is 1.47. The average Bonchev–Trinajstić information content (AvgIpc) is 3.10. The first-order valence-corrected chi connectivity index (χ1v) is 9.87. The highest BCUT2D eigenvalue weighted by molar-refractivity contribution is 7.90. The van der Waals surface area contributed by atoms with Crippen LogP contribution < -0.4 is 10.1 Å². The molecule has 0 bridgehead atoms. The first-order valence-electron chi connectivity index (χ1n) is 8.21. The zero-order valence-electron chi connectivity index (χ0n) is 14.9. The third kappa shape index (κ3) is 4.38. The number of rotatable bonds is 6. The highest BCUT2D eigenvalue weighted by Crippen LogP contribution is 2.26. The van der Waals surface area contributed by atoms with Crippen LogP contribution in [0.2, 0.25) is 0 Å². The lowest BCUT2D eigenvalue weighted by Gasteiger charge is -2.10. The second-order valence-electron chi connectivity index (χ2n) is 6.00. The molecule has 0 aliphatic carbocycles. The number of aryl methyl sites for hydroxylation is 1. The molecule has 0 unspecified atom stereocenters. The van der Waals surface area contributed by atoms with Gasteiger partial charge in [-0.3, -0.25) is 4.79 Å². The van der Waals surface area contributed by atoms with Crippen molar-refractivity contribution >= 4 is 21.4 Å². The van der Waals surface area contributed by atoms with Crippen LogP contribution >= 0.6 is 0 Å². The van der Waals surface area contributed by atoms with Crippen LogP contribution in [-0.2, 0) is 15.6 Å². The fraction of sp³-hybridized carbons (Fsp3) is 0.150. The van der Waals surface area contributed by atoms with Crippen molar-refractivity contribution in [1.29, 1.82) is 0 Å². The van der Waals surface area contributed by atoms with Crippen molar-refractivity contribution in [2.75, 3.05) is 12.4 Å². The van der Waals surface area contributed by atoms with Gasteiger partial charge in [-0.05, 0) is 48.9 Å². The Labute approximate surface area is 157 Å². The van der Waals surface area contributed by atoms with E-state index in [0.29, 0.717) is 11.4 Å². The van der Waals surface area contributed by atoms with Gasteiger partial charge < -0.3 is 14.5 Å². The third-order valence-electron chi connectivity index (χ3n) is 3.92. The van der Waals surface area contributed by atoms with Crippen LogP contribution in [0.4, 0.5) is 5.69 Å². The Morgan fingerprint density at radius 3 is 2.52 bits per heavy atom. The molecule has 0 saturated carbocycles. The zero-order chi connectivity index (χ0) is 19.4. The normalized spacial score (nSPS) is 11.2. The number of sulfone groups is 1. The quantitative estimate of drug-likeness (QED) is 0.697. The lowest BCUT2D eigenvalue weighted by molar-refractivity contribution is 0.0995. The molecule has 3 rings (SSSR count). The number of hydrogen-bond acceptors (Lipinski definition) is 5. The molecular formula is C20H19NO5S. The Balaban J connectivity index is 1.76. The average molecular weight is 385 g/mol. The number of carbonyl (C=O) groups is 1. The van der Waals surface area contributed by atoms with Crippen molar-refractivity contribution in [3.63, 3.8) is 0 Å². The smallest absolute Gasteiger partial charge is 0.291 e. The second kappa shape index (κ2) is 7.67. The van der Waals surface area contributed by atoms with Gasteiger partial charge in [0, 0.05) is 0 Å². The highest BCUT2D eigenvalue weighted by atomic mass is 32.2.